The molecule has 0 radical (unpaired) electrons. The molecule has 2 rings (SSSR count). The van der Waals surface area contributed by atoms with E-state index in [1.54, 1.807) is 18.2 Å². The molecule has 0 saturated heterocycles. The maximum atomic E-state index is 12.5. The molecule has 0 fully saturated rings. The second kappa shape index (κ2) is 7.09. The van der Waals surface area contributed by atoms with Crippen LogP contribution in [-0.2, 0) is 22.7 Å². The molecule has 0 aliphatic rings. The second-order valence-electron chi connectivity index (χ2n) is 5.19. The van der Waals surface area contributed by atoms with Crippen LogP contribution in [0.4, 0.5) is 18.9 Å². The number of aromatic nitrogens is 1. The lowest BCUT2D eigenvalue weighted by Crippen LogP contribution is -2.24. The summed E-state index contributed by atoms with van der Waals surface area (Å²) < 4.78 is 62.1. The van der Waals surface area contributed by atoms with Crippen LogP contribution in [0.3, 0.4) is 0 Å². The summed E-state index contributed by atoms with van der Waals surface area (Å²) in [5.41, 5.74) is -0.155. The van der Waals surface area contributed by atoms with Gasteiger partial charge in [0.2, 0.25) is 10.0 Å². The zero-order valence-electron chi connectivity index (χ0n) is 13.0. The number of nitrogens with one attached hydrogen (secondary N) is 2. The first-order valence-electron chi connectivity index (χ1n) is 6.93. The van der Waals surface area contributed by atoms with Crippen LogP contribution < -0.4 is 10.0 Å². The highest BCUT2D eigenvalue weighted by atomic mass is 32.2. The number of halogens is 3. The Balaban J connectivity index is 2.01. The lowest BCUT2D eigenvalue weighted by Gasteiger charge is -2.09. The lowest BCUT2D eigenvalue weighted by atomic mass is 10.2. The predicted octanol–water partition coefficient (Wildman–Crippen LogP) is 2.40. The number of alkyl halides is 3. The van der Waals surface area contributed by atoms with Crippen LogP contribution in [0.1, 0.15) is 21.6 Å². The third-order valence-electron chi connectivity index (χ3n) is 3.01. The number of carbonyl (C=O) groups excluding carboxylic acids is 1. The molecular weight excluding hydrogens is 359 g/mol. The van der Waals surface area contributed by atoms with Gasteiger partial charge >= 0.3 is 6.18 Å². The number of hydrogen-bond donors (Lipinski definition) is 2. The van der Waals surface area contributed by atoms with Gasteiger partial charge < -0.3 is 5.32 Å². The molecule has 0 saturated carbocycles. The van der Waals surface area contributed by atoms with Gasteiger partial charge in [-0.2, -0.15) is 13.2 Å². The third-order valence-corrected chi connectivity index (χ3v) is 3.61. The minimum Gasteiger partial charge on any atom is -0.347 e. The average Bonchev–Trinajstić information content (AvgIpc) is 2.50. The fourth-order valence-corrected chi connectivity index (χ4v) is 2.48. The molecule has 1 aromatic heterocycles. The monoisotopic (exact) mass is 373 g/mol. The molecular formula is C15H14F3N3O3S. The Morgan fingerprint density at radius 1 is 1.20 bits per heavy atom. The molecule has 2 N–H and O–H groups in total. The predicted molar refractivity (Wildman–Crippen MR) is 85.3 cm³/mol. The van der Waals surface area contributed by atoms with Crippen LogP contribution in [0.15, 0.2) is 42.6 Å². The summed E-state index contributed by atoms with van der Waals surface area (Å²) in [6.45, 7) is 0.0564. The molecule has 0 atom stereocenters. The number of nitrogens with zero attached hydrogens (tertiary/aromatic N) is 1. The van der Waals surface area contributed by atoms with Gasteiger partial charge in [-0.3, -0.25) is 14.5 Å². The minimum atomic E-state index is -4.52. The first kappa shape index (κ1) is 18.7. The fourth-order valence-electron chi connectivity index (χ4n) is 1.93. The van der Waals surface area contributed by atoms with Crippen molar-refractivity contribution >= 4 is 21.6 Å². The number of rotatable bonds is 5. The average molecular weight is 373 g/mol. The molecule has 0 aliphatic heterocycles. The van der Waals surface area contributed by atoms with Gasteiger partial charge in [-0.1, -0.05) is 12.1 Å². The van der Waals surface area contributed by atoms with E-state index >= 15 is 0 Å². The molecule has 10 heteroatoms. The van der Waals surface area contributed by atoms with Gasteiger partial charge in [0.15, 0.2) is 0 Å². The van der Waals surface area contributed by atoms with Gasteiger partial charge in [-0.25, -0.2) is 8.42 Å². The van der Waals surface area contributed by atoms with Crippen molar-refractivity contribution in [3.05, 3.63) is 59.4 Å². The van der Waals surface area contributed by atoms with E-state index in [1.165, 1.54) is 6.07 Å². The Bertz CT molecular complexity index is 866. The molecule has 25 heavy (non-hydrogen) atoms. The second-order valence-corrected chi connectivity index (χ2v) is 6.94. The van der Waals surface area contributed by atoms with Crippen molar-refractivity contribution in [3.63, 3.8) is 0 Å². The quantitative estimate of drug-likeness (QED) is 0.842. The minimum absolute atomic E-state index is 0.0564. The number of amides is 1. The fraction of sp³-hybridized carbons (Fsp3) is 0.200. The van der Waals surface area contributed by atoms with Crippen molar-refractivity contribution in [2.24, 2.45) is 0 Å². The van der Waals surface area contributed by atoms with Crippen molar-refractivity contribution in [1.82, 2.24) is 10.3 Å². The molecule has 1 aromatic carbocycles. The summed E-state index contributed by atoms with van der Waals surface area (Å²) in [6.07, 6.45) is -2.92. The number of carbonyl (C=O) groups is 1. The van der Waals surface area contributed by atoms with Gasteiger partial charge in [0, 0.05) is 18.4 Å². The molecule has 2 aromatic rings. The van der Waals surface area contributed by atoms with Gasteiger partial charge in [-0.15, -0.1) is 0 Å². The van der Waals surface area contributed by atoms with Crippen LogP contribution in [0.5, 0.6) is 0 Å². The van der Waals surface area contributed by atoms with Crippen LogP contribution in [-0.4, -0.2) is 25.6 Å². The number of anilines is 1. The summed E-state index contributed by atoms with van der Waals surface area (Å²) >= 11 is 0. The largest absolute Gasteiger partial charge is 0.417 e. The number of benzene rings is 1. The Kier molecular flexibility index (Phi) is 5.31. The molecule has 0 unspecified atom stereocenters. The zero-order valence-corrected chi connectivity index (χ0v) is 13.8. The molecule has 0 aliphatic carbocycles. The maximum Gasteiger partial charge on any atom is 0.417 e. The Morgan fingerprint density at radius 2 is 1.92 bits per heavy atom. The van der Waals surface area contributed by atoms with Gasteiger partial charge in [0.1, 0.15) is 5.69 Å². The van der Waals surface area contributed by atoms with E-state index in [0.29, 0.717) is 17.4 Å². The van der Waals surface area contributed by atoms with Crippen molar-refractivity contribution in [1.29, 1.82) is 0 Å². The van der Waals surface area contributed by atoms with Crippen molar-refractivity contribution < 1.29 is 26.4 Å². The first-order chi connectivity index (χ1) is 11.5. The van der Waals surface area contributed by atoms with E-state index in [9.17, 15) is 26.4 Å². The van der Waals surface area contributed by atoms with Crippen LogP contribution >= 0.6 is 0 Å². The Labute approximate surface area is 142 Å². The topological polar surface area (TPSA) is 88.2 Å². The lowest BCUT2D eigenvalue weighted by molar-refractivity contribution is -0.137. The highest BCUT2D eigenvalue weighted by Gasteiger charge is 2.30. The SMILES string of the molecule is CS(=O)(=O)Nc1cccc(CNC(=O)c2ccc(C(F)(F)F)cn2)c1. The van der Waals surface area contributed by atoms with E-state index in [-0.39, 0.29) is 12.2 Å². The van der Waals surface area contributed by atoms with E-state index in [0.717, 1.165) is 18.4 Å². The van der Waals surface area contributed by atoms with E-state index in [2.05, 4.69) is 15.0 Å². The third kappa shape index (κ3) is 5.75. The smallest absolute Gasteiger partial charge is 0.347 e. The van der Waals surface area contributed by atoms with Crippen LogP contribution in [0.2, 0.25) is 0 Å². The van der Waals surface area contributed by atoms with Crippen molar-refractivity contribution in [2.75, 3.05) is 11.0 Å². The highest BCUT2D eigenvalue weighted by molar-refractivity contribution is 7.92. The summed E-state index contributed by atoms with van der Waals surface area (Å²) in [6, 6.07) is 8.10. The summed E-state index contributed by atoms with van der Waals surface area (Å²) in [7, 11) is -3.42. The number of pyridine rings is 1. The number of hydrogen-bond acceptors (Lipinski definition) is 4. The zero-order chi connectivity index (χ0) is 18.7. The van der Waals surface area contributed by atoms with E-state index in [1.807, 2.05) is 0 Å². The molecule has 1 amide bonds. The standard InChI is InChI=1S/C15H14F3N3O3S/c1-25(23,24)21-12-4-2-3-10(7-12)8-20-14(22)13-6-5-11(9-19-13)15(16,17)18/h2-7,9,21H,8H2,1H3,(H,20,22). The van der Waals surface area contributed by atoms with Crippen molar-refractivity contribution in [2.45, 2.75) is 12.7 Å². The van der Waals surface area contributed by atoms with Crippen molar-refractivity contribution in [3.8, 4) is 0 Å². The Morgan fingerprint density at radius 3 is 2.48 bits per heavy atom. The molecule has 0 bridgehead atoms. The molecule has 6 nitrogen and oxygen atoms in total. The van der Waals surface area contributed by atoms with Gasteiger partial charge in [0.05, 0.1) is 11.8 Å². The van der Waals surface area contributed by atoms with Crippen LogP contribution in [0.25, 0.3) is 0 Å². The van der Waals surface area contributed by atoms with Crippen LogP contribution in [0, 0.1) is 0 Å². The summed E-state index contributed by atoms with van der Waals surface area (Å²) in [5.74, 6) is -0.643. The normalized spacial score (nSPS) is 11.8. The van der Waals surface area contributed by atoms with Gasteiger partial charge in [-0.05, 0) is 29.8 Å². The first-order valence-corrected chi connectivity index (χ1v) is 8.82. The molecule has 0 spiro atoms. The highest BCUT2D eigenvalue weighted by Crippen LogP contribution is 2.28. The summed E-state index contributed by atoms with van der Waals surface area (Å²) in [5, 5.41) is 2.50. The maximum absolute atomic E-state index is 12.5. The Hall–Kier alpha value is -2.62. The molecule has 1 heterocycles. The van der Waals surface area contributed by atoms with E-state index < -0.39 is 27.7 Å². The molecule has 134 valence electrons. The van der Waals surface area contributed by atoms with E-state index in [4.69, 9.17) is 0 Å². The summed E-state index contributed by atoms with van der Waals surface area (Å²) in [4.78, 5) is 15.4. The van der Waals surface area contributed by atoms with Gasteiger partial charge in [0.25, 0.3) is 5.91 Å². The number of sulfonamides is 1.